The first kappa shape index (κ1) is 28.7. The van der Waals surface area contributed by atoms with Gasteiger partial charge in [0.2, 0.25) is 11.8 Å². The van der Waals surface area contributed by atoms with Crippen molar-refractivity contribution < 1.29 is 29.4 Å². The molecule has 0 unspecified atom stereocenters. The van der Waals surface area contributed by atoms with Gasteiger partial charge >= 0.3 is 11.9 Å². The van der Waals surface area contributed by atoms with Gasteiger partial charge < -0.3 is 31.9 Å². The van der Waals surface area contributed by atoms with Crippen LogP contribution < -0.4 is 16.8 Å². The normalized spacial score (nSPS) is 11.8. The maximum Gasteiger partial charge on any atom is 0.336 e. The predicted octanol–water partition coefficient (Wildman–Crippen LogP) is 3.81. The number of carbonyl (C=O) groups is 4. The van der Waals surface area contributed by atoms with Crippen molar-refractivity contribution in [1.82, 2.24) is 10.2 Å². The van der Waals surface area contributed by atoms with Crippen LogP contribution in [0.3, 0.4) is 0 Å². The number of rotatable bonds is 12. The van der Waals surface area contributed by atoms with Crippen molar-refractivity contribution in [3.8, 4) is 0 Å². The number of nitrogens with one attached hydrogen (secondary N) is 1. The summed E-state index contributed by atoms with van der Waals surface area (Å²) in [4.78, 5) is 51.9. The average Bonchev–Trinajstić information content (AvgIpc) is 2.93. The van der Waals surface area contributed by atoms with Gasteiger partial charge in [-0.2, -0.15) is 0 Å². The first-order valence-corrected chi connectivity index (χ1v) is 13.7. The summed E-state index contributed by atoms with van der Waals surface area (Å²) in [5.74, 6) is -3.91. The highest BCUT2D eigenvalue weighted by Gasteiger charge is 2.26. The average molecular weight is 569 g/mol. The number of amides is 2. The Bertz CT molecular complexity index is 1890. The van der Waals surface area contributed by atoms with Crippen molar-refractivity contribution >= 4 is 66.8 Å². The summed E-state index contributed by atoms with van der Waals surface area (Å²) in [6.07, 6.45) is 2.26. The van der Waals surface area contributed by atoms with Crippen LogP contribution in [0.2, 0.25) is 0 Å². The lowest BCUT2D eigenvalue weighted by Crippen LogP contribution is -2.22. The van der Waals surface area contributed by atoms with Crippen LogP contribution in [0.4, 0.5) is 0 Å². The molecule has 42 heavy (non-hydrogen) atoms. The number of primary amides is 2. The number of aryl methyl sites for hydroxylation is 1. The van der Waals surface area contributed by atoms with Crippen molar-refractivity contribution in [3.63, 3.8) is 0 Å². The van der Waals surface area contributed by atoms with E-state index in [4.69, 9.17) is 11.5 Å². The monoisotopic (exact) mass is 568 g/mol. The Hall–Kier alpha value is -4.80. The minimum atomic E-state index is -1.24. The molecular weight excluding hydrogens is 536 g/mol. The number of carboxylic acids is 2. The highest BCUT2D eigenvalue weighted by atomic mass is 16.4. The van der Waals surface area contributed by atoms with Gasteiger partial charge in [-0.3, -0.25) is 9.59 Å². The fourth-order valence-electron chi connectivity index (χ4n) is 6.08. The Morgan fingerprint density at radius 2 is 1.19 bits per heavy atom. The molecule has 0 aliphatic heterocycles. The van der Waals surface area contributed by atoms with Gasteiger partial charge in [0.05, 0.1) is 11.1 Å². The van der Waals surface area contributed by atoms with Crippen LogP contribution in [-0.2, 0) is 6.42 Å². The minimum Gasteiger partial charge on any atom is -0.478 e. The summed E-state index contributed by atoms with van der Waals surface area (Å²) in [6.45, 7) is 2.54. The Labute approximate surface area is 241 Å². The molecule has 216 valence electrons. The number of aromatic carboxylic acids is 2. The molecule has 5 aromatic carbocycles. The van der Waals surface area contributed by atoms with Gasteiger partial charge in [0.25, 0.3) is 0 Å². The molecule has 0 aliphatic carbocycles. The van der Waals surface area contributed by atoms with Crippen LogP contribution in [0.1, 0.15) is 59.8 Å². The lowest BCUT2D eigenvalue weighted by Gasteiger charge is -2.21. The highest BCUT2D eigenvalue weighted by molar-refractivity contribution is 6.38. The Balaban J connectivity index is 1.84. The van der Waals surface area contributed by atoms with Crippen molar-refractivity contribution in [1.29, 1.82) is 0 Å². The molecule has 0 saturated carbocycles. The molecular formula is C32H32N4O6. The van der Waals surface area contributed by atoms with Crippen molar-refractivity contribution in [3.05, 3.63) is 70.3 Å². The van der Waals surface area contributed by atoms with Gasteiger partial charge in [0.1, 0.15) is 0 Å². The highest BCUT2D eigenvalue weighted by Crippen LogP contribution is 2.45. The van der Waals surface area contributed by atoms with Crippen LogP contribution in [0, 0.1) is 0 Å². The second-order valence-corrected chi connectivity index (χ2v) is 10.8. The van der Waals surface area contributed by atoms with E-state index in [0.717, 1.165) is 38.0 Å². The fourth-order valence-corrected chi connectivity index (χ4v) is 6.08. The van der Waals surface area contributed by atoms with Gasteiger partial charge in [0, 0.05) is 21.9 Å². The largest absolute Gasteiger partial charge is 0.478 e. The van der Waals surface area contributed by atoms with Crippen LogP contribution in [0.15, 0.2) is 42.5 Å². The summed E-state index contributed by atoms with van der Waals surface area (Å²) < 4.78 is 0. The molecule has 7 N–H and O–H groups in total. The molecule has 0 atom stereocenters. The van der Waals surface area contributed by atoms with Crippen LogP contribution in [0.5, 0.6) is 0 Å². The standard InChI is InChI=1S/C32H32N4O6/c1-36(2)14-4-13-35-12-3-5-16-15-23(30(34)38)26-20(29(33)37)9-6-18-17-7-10-21(31(39)40)27-22(32(41)42)11-8-19(25(17)27)24(16)28(18)26/h6-11,15,35H,3-5,12-14H2,1-2H3,(H2,33,37)(H2,34,38)(H,39,40)(H,41,42). The lowest BCUT2D eigenvalue weighted by molar-refractivity contribution is 0.0695. The Kier molecular flexibility index (Phi) is 7.68. The second-order valence-electron chi connectivity index (χ2n) is 10.8. The molecule has 0 aliphatic rings. The third-order valence-electron chi connectivity index (χ3n) is 7.83. The quantitative estimate of drug-likeness (QED) is 0.0857. The third kappa shape index (κ3) is 4.84. The summed E-state index contributed by atoms with van der Waals surface area (Å²) in [5, 5.41) is 27.5. The summed E-state index contributed by atoms with van der Waals surface area (Å²) >= 11 is 0. The lowest BCUT2D eigenvalue weighted by atomic mass is 9.82. The van der Waals surface area contributed by atoms with E-state index in [1.807, 2.05) is 14.1 Å². The van der Waals surface area contributed by atoms with Crippen molar-refractivity contribution in [2.75, 3.05) is 33.7 Å². The molecule has 5 aromatic rings. The number of fused-ring (bicyclic) bond motifs is 2. The van der Waals surface area contributed by atoms with Gasteiger partial charge in [0.15, 0.2) is 0 Å². The Morgan fingerprint density at radius 3 is 1.76 bits per heavy atom. The van der Waals surface area contributed by atoms with Gasteiger partial charge in [-0.05, 0) is 115 Å². The van der Waals surface area contributed by atoms with E-state index in [2.05, 4.69) is 10.2 Å². The topological polar surface area (TPSA) is 176 Å². The number of nitrogens with two attached hydrogens (primary N) is 2. The SMILES string of the molecule is CN(C)CCCNCCCc1cc(C(N)=O)c2c(C(N)=O)ccc3c4ccc(C(=O)O)c5c(C(=O)O)ccc(c1c23)c54. The van der Waals surface area contributed by atoms with E-state index in [9.17, 15) is 29.4 Å². The zero-order chi connectivity index (χ0) is 30.3. The maximum atomic E-state index is 12.8. The predicted molar refractivity (Wildman–Crippen MR) is 163 cm³/mol. The first-order chi connectivity index (χ1) is 20.0. The molecule has 0 fully saturated rings. The molecule has 5 rings (SSSR count). The summed E-state index contributed by atoms with van der Waals surface area (Å²) in [5.41, 5.74) is 12.4. The second kappa shape index (κ2) is 11.2. The van der Waals surface area contributed by atoms with Crippen LogP contribution >= 0.6 is 0 Å². The molecule has 0 spiro atoms. The van der Waals surface area contributed by atoms with E-state index in [1.54, 1.807) is 24.3 Å². The molecule has 10 heteroatoms. The first-order valence-electron chi connectivity index (χ1n) is 13.7. The molecule has 0 saturated heterocycles. The zero-order valence-corrected chi connectivity index (χ0v) is 23.4. The zero-order valence-electron chi connectivity index (χ0n) is 23.4. The molecule has 0 bridgehead atoms. The molecule has 0 radical (unpaired) electrons. The summed E-state index contributed by atoms with van der Waals surface area (Å²) in [6, 6.07) is 11.0. The van der Waals surface area contributed by atoms with Gasteiger partial charge in [-0.15, -0.1) is 0 Å². The van der Waals surface area contributed by atoms with Crippen LogP contribution in [0.25, 0.3) is 43.1 Å². The van der Waals surface area contributed by atoms with E-state index in [1.165, 1.54) is 18.2 Å². The Morgan fingerprint density at radius 1 is 0.667 bits per heavy atom. The van der Waals surface area contributed by atoms with Crippen LogP contribution in [-0.4, -0.2) is 72.6 Å². The smallest absolute Gasteiger partial charge is 0.336 e. The van der Waals surface area contributed by atoms with Gasteiger partial charge in [-0.25, -0.2) is 9.59 Å². The fraction of sp³-hybridized carbons (Fsp3) is 0.250. The molecule has 2 amide bonds. The van der Waals surface area contributed by atoms with Crippen molar-refractivity contribution in [2.45, 2.75) is 19.3 Å². The number of nitrogens with zero attached hydrogens (tertiary/aromatic N) is 1. The molecule has 0 heterocycles. The number of hydrogen-bond acceptors (Lipinski definition) is 6. The van der Waals surface area contributed by atoms with E-state index in [0.29, 0.717) is 44.1 Å². The molecule has 10 nitrogen and oxygen atoms in total. The minimum absolute atomic E-state index is 0.121. The van der Waals surface area contributed by atoms with E-state index < -0.39 is 23.8 Å². The maximum absolute atomic E-state index is 12.8. The van der Waals surface area contributed by atoms with E-state index in [-0.39, 0.29) is 27.6 Å². The third-order valence-corrected chi connectivity index (χ3v) is 7.83. The number of carbonyl (C=O) groups excluding carboxylic acids is 2. The number of carboxylic acid groups (broad SMARTS) is 2. The molecule has 0 aromatic heterocycles. The number of benzene rings is 5. The van der Waals surface area contributed by atoms with Crippen molar-refractivity contribution in [2.24, 2.45) is 11.5 Å². The van der Waals surface area contributed by atoms with E-state index >= 15 is 0 Å². The number of hydrogen-bond donors (Lipinski definition) is 5. The van der Waals surface area contributed by atoms with Gasteiger partial charge in [-0.1, -0.05) is 18.2 Å². The summed E-state index contributed by atoms with van der Waals surface area (Å²) in [7, 11) is 4.05.